The first-order valence-corrected chi connectivity index (χ1v) is 7.11. The van der Waals surface area contributed by atoms with E-state index >= 15 is 0 Å². The lowest BCUT2D eigenvalue weighted by Gasteiger charge is -2.36. The molecule has 1 heterocycles. The highest BCUT2D eigenvalue weighted by Crippen LogP contribution is 2.18. The van der Waals surface area contributed by atoms with Gasteiger partial charge in [-0.05, 0) is 13.0 Å². The van der Waals surface area contributed by atoms with Crippen molar-refractivity contribution in [1.29, 1.82) is 0 Å². The van der Waals surface area contributed by atoms with Crippen molar-refractivity contribution in [2.45, 2.75) is 19.1 Å². The highest BCUT2D eigenvalue weighted by molar-refractivity contribution is 5.20. The van der Waals surface area contributed by atoms with E-state index in [1.54, 1.807) is 25.1 Å². The highest BCUT2D eigenvalue weighted by atomic mass is 19.1. The molecule has 1 fully saturated rings. The Labute approximate surface area is 119 Å². The van der Waals surface area contributed by atoms with Crippen LogP contribution in [0.25, 0.3) is 0 Å². The van der Waals surface area contributed by atoms with E-state index in [1.807, 2.05) is 0 Å². The van der Waals surface area contributed by atoms with Gasteiger partial charge in [0.05, 0.1) is 12.2 Å². The fourth-order valence-electron chi connectivity index (χ4n) is 2.62. The van der Waals surface area contributed by atoms with E-state index in [2.05, 4.69) is 9.80 Å². The number of hydrogen-bond donors (Lipinski definition) is 2. The van der Waals surface area contributed by atoms with Crippen LogP contribution in [0.15, 0.2) is 24.3 Å². The molecule has 0 amide bonds. The first-order chi connectivity index (χ1) is 9.56. The van der Waals surface area contributed by atoms with E-state index < -0.39 is 6.10 Å². The zero-order chi connectivity index (χ0) is 14.5. The summed E-state index contributed by atoms with van der Waals surface area (Å²) in [6.45, 7) is 6.32. The van der Waals surface area contributed by atoms with Crippen molar-refractivity contribution in [2.24, 2.45) is 0 Å². The zero-order valence-corrected chi connectivity index (χ0v) is 11.9. The summed E-state index contributed by atoms with van der Waals surface area (Å²) >= 11 is 0. The fourth-order valence-corrected chi connectivity index (χ4v) is 2.62. The van der Waals surface area contributed by atoms with Gasteiger partial charge < -0.3 is 10.2 Å². The molecule has 1 aliphatic rings. The van der Waals surface area contributed by atoms with Gasteiger partial charge in [0.1, 0.15) is 5.82 Å². The maximum Gasteiger partial charge on any atom is 0.129 e. The van der Waals surface area contributed by atoms with Crippen molar-refractivity contribution in [3.05, 3.63) is 35.6 Å². The molecule has 112 valence electrons. The molecule has 2 rings (SSSR count). The molecule has 5 heteroatoms. The Morgan fingerprint density at radius 1 is 1.05 bits per heavy atom. The van der Waals surface area contributed by atoms with Crippen molar-refractivity contribution in [2.75, 3.05) is 39.3 Å². The summed E-state index contributed by atoms with van der Waals surface area (Å²) in [6.07, 6.45) is -1.11. The van der Waals surface area contributed by atoms with Gasteiger partial charge in [-0.1, -0.05) is 18.2 Å². The summed E-state index contributed by atoms with van der Waals surface area (Å²) in [6, 6.07) is 6.37. The lowest BCUT2D eigenvalue weighted by Crippen LogP contribution is -2.49. The van der Waals surface area contributed by atoms with Crippen LogP contribution in [-0.4, -0.2) is 65.4 Å². The molecule has 1 saturated heterocycles. The van der Waals surface area contributed by atoms with E-state index in [0.29, 0.717) is 18.7 Å². The normalized spacial score (nSPS) is 20.8. The van der Waals surface area contributed by atoms with Crippen molar-refractivity contribution in [1.82, 2.24) is 9.80 Å². The van der Waals surface area contributed by atoms with Gasteiger partial charge in [0, 0.05) is 44.8 Å². The molecule has 0 aromatic heterocycles. The van der Waals surface area contributed by atoms with Gasteiger partial charge in [0.2, 0.25) is 0 Å². The smallest absolute Gasteiger partial charge is 0.129 e. The van der Waals surface area contributed by atoms with Gasteiger partial charge in [-0.15, -0.1) is 0 Å². The van der Waals surface area contributed by atoms with Crippen molar-refractivity contribution >= 4 is 0 Å². The van der Waals surface area contributed by atoms with Crippen LogP contribution in [0.5, 0.6) is 0 Å². The Morgan fingerprint density at radius 2 is 1.60 bits per heavy atom. The van der Waals surface area contributed by atoms with E-state index in [-0.39, 0.29) is 11.9 Å². The Balaban J connectivity index is 1.82. The summed E-state index contributed by atoms with van der Waals surface area (Å²) in [5.74, 6) is -0.354. The van der Waals surface area contributed by atoms with Gasteiger partial charge in [0.25, 0.3) is 0 Å². The predicted molar refractivity (Wildman–Crippen MR) is 75.9 cm³/mol. The van der Waals surface area contributed by atoms with Crippen molar-refractivity contribution in [3.8, 4) is 0 Å². The topological polar surface area (TPSA) is 46.9 Å². The van der Waals surface area contributed by atoms with E-state index in [9.17, 15) is 14.6 Å². The minimum atomic E-state index is -0.792. The quantitative estimate of drug-likeness (QED) is 0.841. The van der Waals surface area contributed by atoms with Gasteiger partial charge in [-0.25, -0.2) is 4.39 Å². The minimum Gasteiger partial charge on any atom is -0.392 e. The molecule has 0 bridgehead atoms. The third-order valence-electron chi connectivity index (χ3n) is 3.68. The second-order valence-corrected chi connectivity index (χ2v) is 5.49. The molecule has 0 spiro atoms. The van der Waals surface area contributed by atoms with Gasteiger partial charge in [-0.3, -0.25) is 9.80 Å². The molecular formula is C15H23FN2O2. The first kappa shape index (κ1) is 15.4. The van der Waals surface area contributed by atoms with Crippen molar-refractivity contribution in [3.63, 3.8) is 0 Å². The molecule has 0 aliphatic carbocycles. The maximum atomic E-state index is 13.6. The van der Waals surface area contributed by atoms with Gasteiger partial charge in [0.15, 0.2) is 0 Å². The summed E-state index contributed by atoms with van der Waals surface area (Å²) in [7, 11) is 0. The first-order valence-electron chi connectivity index (χ1n) is 7.11. The van der Waals surface area contributed by atoms with Crippen LogP contribution in [0.4, 0.5) is 4.39 Å². The Kier molecular flexibility index (Phi) is 5.48. The van der Waals surface area contributed by atoms with Gasteiger partial charge >= 0.3 is 0 Å². The molecular weight excluding hydrogens is 259 g/mol. The number of rotatable bonds is 5. The second-order valence-electron chi connectivity index (χ2n) is 5.49. The monoisotopic (exact) mass is 282 g/mol. The molecule has 0 radical (unpaired) electrons. The van der Waals surface area contributed by atoms with Crippen molar-refractivity contribution < 1.29 is 14.6 Å². The number of aliphatic hydroxyl groups is 2. The molecule has 20 heavy (non-hydrogen) atoms. The number of benzene rings is 1. The predicted octanol–water partition coefficient (Wildman–Crippen LogP) is 0.857. The molecule has 1 aliphatic heterocycles. The third-order valence-corrected chi connectivity index (χ3v) is 3.68. The fraction of sp³-hybridized carbons (Fsp3) is 0.600. The zero-order valence-electron chi connectivity index (χ0n) is 11.9. The lowest BCUT2D eigenvalue weighted by molar-refractivity contribution is 0.0516. The lowest BCUT2D eigenvalue weighted by atomic mass is 10.1. The molecule has 0 unspecified atom stereocenters. The summed E-state index contributed by atoms with van der Waals surface area (Å²) < 4.78 is 13.6. The number of hydrogen-bond acceptors (Lipinski definition) is 4. The minimum absolute atomic E-state index is 0.314. The van der Waals surface area contributed by atoms with Crippen LogP contribution in [0.1, 0.15) is 18.6 Å². The molecule has 1 aromatic carbocycles. The van der Waals surface area contributed by atoms with E-state index in [1.165, 1.54) is 6.07 Å². The average Bonchev–Trinajstić information content (AvgIpc) is 2.41. The van der Waals surface area contributed by atoms with Crippen LogP contribution in [0.2, 0.25) is 0 Å². The largest absolute Gasteiger partial charge is 0.392 e. The summed E-state index contributed by atoms with van der Waals surface area (Å²) in [4.78, 5) is 4.34. The summed E-state index contributed by atoms with van der Waals surface area (Å²) in [5, 5.41) is 19.5. The molecule has 2 atom stereocenters. The Bertz CT molecular complexity index is 420. The SMILES string of the molecule is C[C@H](O)CN1CCN(C[C@H](O)c2ccccc2F)CC1. The number of β-amino-alcohol motifs (C(OH)–C–C–N with tert-alkyl or cyclic N) is 2. The van der Waals surface area contributed by atoms with Crippen LogP contribution in [-0.2, 0) is 0 Å². The number of piperazine rings is 1. The molecule has 2 N–H and O–H groups in total. The highest BCUT2D eigenvalue weighted by Gasteiger charge is 2.21. The Morgan fingerprint density at radius 3 is 2.15 bits per heavy atom. The Hall–Kier alpha value is -1.01. The standard InChI is InChI=1S/C15H23FN2O2/c1-12(19)10-17-6-8-18(9-7-17)11-15(20)13-4-2-3-5-14(13)16/h2-5,12,15,19-20H,6-11H2,1H3/t12-,15-/m0/s1. The van der Waals surface area contributed by atoms with E-state index in [4.69, 9.17) is 0 Å². The van der Waals surface area contributed by atoms with Crippen LogP contribution in [0, 0.1) is 5.82 Å². The number of nitrogens with zero attached hydrogens (tertiary/aromatic N) is 2. The van der Waals surface area contributed by atoms with E-state index in [0.717, 1.165) is 26.2 Å². The molecule has 4 nitrogen and oxygen atoms in total. The van der Waals surface area contributed by atoms with Crippen LogP contribution in [0.3, 0.4) is 0 Å². The molecule has 0 saturated carbocycles. The summed E-state index contributed by atoms with van der Waals surface area (Å²) in [5.41, 5.74) is 0.360. The third kappa shape index (κ3) is 4.24. The van der Waals surface area contributed by atoms with Gasteiger partial charge in [-0.2, -0.15) is 0 Å². The number of halogens is 1. The molecule has 1 aromatic rings. The second kappa shape index (κ2) is 7.13. The maximum absolute atomic E-state index is 13.6. The average molecular weight is 282 g/mol. The number of aliphatic hydroxyl groups excluding tert-OH is 2. The van der Waals surface area contributed by atoms with Crippen LogP contribution < -0.4 is 0 Å². The van der Waals surface area contributed by atoms with Crippen LogP contribution >= 0.6 is 0 Å².